The summed E-state index contributed by atoms with van der Waals surface area (Å²) in [5.74, 6) is 1.42. The van der Waals surface area contributed by atoms with E-state index in [0.717, 1.165) is 11.9 Å². The Bertz CT molecular complexity index is 1450. The Labute approximate surface area is 206 Å². The highest BCUT2D eigenvalue weighted by atomic mass is 32.1. The third-order valence-corrected chi connectivity index (χ3v) is 6.14. The summed E-state index contributed by atoms with van der Waals surface area (Å²) < 4.78 is 16.5. The molecule has 8 nitrogen and oxygen atoms in total. The molecule has 0 fully saturated rings. The zero-order valence-corrected chi connectivity index (χ0v) is 19.9. The fraction of sp³-hybridized carbons (Fsp3) is 0.192. The molecule has 2 heterocycles. The number of oxazole rings is 1. The molecule has 0 saturated heterocycles. The smallest absolute Gasteiger partial charge is 0.257 e. The van der Waals surface area contributed by atoms with Crippen LogP contribution in [0.1, 0.15) is 42.1 Å². The topological polar surface area (TPSA) is 106 Å². The van der Waals surface area contributed by atoms with Crippen LogP contribution in [-0.2, 0) is 0 Å². The van der Waals surface area contributed by atoms with Gasteiger partial charge in [-0.3, -0.25) is 10.1 Å². The second-order valence-electron chi connectivity index (χ2n) is 8.26. The van der Waals surface area contributed by atoms with Crippen LogP contribution in [0, 0.1) is 0 Å². The van der Waals surface area contributed by atoms with Gasteiger partial charge in [0.1, 0.15) is 11.3 Å². The SMILES string of the molecule is CC[C@@H](C)c1ccc2oc(-c3cc(NC(=S)NC(=O)c4ccc5c(c4)OCO5)ccc3O)nc2c1. The highest BCUT2D eigenvalue weighted by Crippen LogP contribution is 2.35. The Morgan fingerprint density at radius 1 is 1.11 bits per heavy atom. The molecule has 9 heteroatoms. The summed E-state index contributed by atoms with van der Waals surface area (Å²) in [6.45, 7) is 4.43. The lowest BCUT2D eigenvalue weighted by Gasteiger charge is -2.11. The molecule has 0 radical (unpaired) electrons. The predicted octanol–water partition coefficient (Wildman–Crippen LogP) is 5.57. The molecule has 178 valence electrons. The van der Waals surface area contributed by atoms with Crippen LogP contribution in [0.15, 0.2) is 59.0 Å². The number of aromatic hydroxyl groups is 1. The van der Waals surface area contributed by atoms with Gasteiger partial charge < -0.3 is 24.3 Å². The van der Waals surface area contributed by atoms with Gasteiger partial charge in [0.25, 0.3) is 5.91 Å². The molecule has 1 aliphatic heterocycles. The first-order valence-corrected chi connectivity index (χ1v) is 11.6. The van der Waals surface area contributed by atoms with Gasteiger partial charge in [-0.1, -0.05) is 19.9 Å². The van der Waals surface area contributed by atoms with Gasteiger partial charge in [0.2, 0.25) is 12.7 Å². The summed E-state index contributed by atoms with van der Waals surface area (Å²) in [5, 5.41) is 16.1. The lowest BCUT2D eigenvalue weighted by Crippen LogP contribution is -2.34. The summed E-state index contributed by atoms with van der Waals surface area (Å²) in [7, 11) is 0. The van der Waals surface area contributed by atoms with Gasteiger partial charge >= 0.3 is 0 Å². The quantitative estimate of drug-likeness (QED) is 0.247. The van der Waals surface area contributed by atoms with Crippen molar-refractivity contribution >= 4 is 40.0 Å². The molecule has 0 spiro atoms. The second-order valence-corrected chi connectivity index (χ2v) is 8.67. The van der Waals surface area contributed by atoms with E-state index in [1.807, 2.05) is 18.2 Å². The van der Waals surface area contributed by atoms with E-state index in [4.69, 9.17) is 26.1 Å². The Hall–Kier alpha value is -4.11. The van der Waals surface area contributed by atoms with Gasteiger partial charge in [-0.15, -0.1) is 0 Å². The molecule has 1 aromatic heterocycles. The number of fused-ring (bicyclic) bond motifs is 2. The minimum atomic E-state index is -0.393. The number of anilines is 1. The van der Waals surface area contributed by atoms with Crippen molar-refractivity contribution in [3.05, 3.63) is 65.7 Å². The van der Waals surface area contributed by atoms with Gasteiger partial charge in [0.05, 0.1) is 5.56 Å². The normalized spacial score (nSPS) is 13.0. The van der Waals surface area contributed by atoms with Crippen molar-refractivity contribution in [1.29, 1.82) is 0 Å². The Balaban J connectivity index is 1.32. The van der Waals surface area contributed by atoms with E-state index in [2.05, 4.69) is 29.5 Å². The van der Waals surface area contributed by atoms with Crippen LogP contribution in [-0.4, -0.2) is 27.9 Å². The monoisotopic (exact) mass is 489 g/mol. The lowest BCUT2D eigenvalue weighted by molar-refractivity contribution is 0.0977. The molecule has 35 heavy (non-hydrogen) atoms. The largest absolute Gasteiger partial charge is 0.507 e. The number of thiocarbonyl (C=S) groups is 1. The summed E-state index contributed by atoms with van der Waals surface area (Å²) in [6, 6.07) is 15.7. The van der Waals surface area contributed by atoms with E-state index in [9.17, 15) is 9.90 Å². The molecule has 0 bridgehead atoms. The third-order valence-electron chi connectivity index (χ3n) is 5.94. The van der Waals surface area contributed by atoms with Crippen molar-refractivity contribution in [2.24, 2.45) is 0 Å². The molecule has 1 atom stereocenters. The highest BCUT2D eigenvalue weighted by molar-refractivity contribution is 7.80. The van der Waals surface area contributed by atoms with E-state index < -0.39 is 5.91 Å². The molecule has 3 aromatic carbocycles. The van der Waals surface area contributed by atoms with E-state index in [1.54, 1.807) is 30.3 Å². The molecule has 4 aromatic rings. The van der Waals surface area contributed by atoms with Crippen molar-refractivity contribution in [2.45, 2.75) is 26.2 Å². The van der Waals surface area contributed by atoms with E-state index in [0.29, 0.717) is 39.8 Å². The number of phenols is 1. The van der Waals surface area contributed by atoms with Crippen molar-refractivity contribution in [3.63, 3.8) is 0 Å². The number of benzene rings is 3. The molecule has 0 aliphatic carbocycles. The zero-order chi connectivity index (χ0) is 24.5. The van der Waals surface area contributed by atoms with Crippen molar-refractivity contribution in [2.75, 3.05) is 12.1 Å². The first-order valence-electron chi connectivity index (χ1n) is 11.2. The molecule has 1 amide bonds. The summed E-state index contributed by atoms with van der Waals surface area (Å²) >= 11 is 5.31. The maximum Gasteiger partial charge on any atom is 0.257 e. The van der Waals surface area contributed by atoms with Crippen LogP contribution in [0.25, 0.3) is 22.6 Å². The molecule has 0 saturated carbocycles. The molecule has 0 unspecified atom stereocenters. The fourth-order valence-electron chi connectivity index (χ4n) is 3.76. The number of rotatable bonds is 5. The van der Waals surface area contributed by atoms with Crippen LogP contribution in [0.2, 0.25) is 0 Å². The number of phenolic OH excluding ortho intramolecular Hbond substituents is 1. The number of hydrogen-bond acceptors (Lipinski definition) is 7. The number of nitrogens with one attached hydrogen (secondary N) is 2. The van der Waals surface area contributed by atoms with Gasteiger partial charge in [-0.25, -0.2) is 4.98 Å². The molecule has 3 N–H and O–H groups in total. The van der Waals surface area contributed by atoms with Gasteiger partial charge in [0.15, 0.2) is 22.2 Å². The summed E-state index contributed by atoms with van der Waals surface area (Å²) in [5.41, 5.74) is 3.88. The first-order chi connectivity index (χ1) is 16.9. The molecule has 5 rings (SSSR count). The average Bonchev–Trinajstić information content (AvgIpc) is 3.50. The summed E-state index contributed by atoms with van der Waals surface area (Å²) in [4.78, 5) is 17.2. The lowest BCUT2D eigenvalue weighted by atomic mass is 9.98. The average molecular weight is 490 g/mol. The minimum absolute atomic E-state index is 0.0135. The maximum atomic E-state index is 12.6. The van der Waals surface area contributed by atoms with E-state index >= 15 is 0 Å². The maximum absolute atomic E-state index is 12.6. The van der Waals surface area contributed by atoms with Crippen LogP contribution >= 0.6 is 12.2 Å². The van der Waals surface area contributed by atoms with Crippen LogP contribution in [0.3, 0.4) is 0 Å². The molecular formula is C26H23N3O5S. The van der Waals surface area contributed by atoms with Crippen molar-refractivity contribution in [1.82, 2.24) is 10.3 Å². The number of carbonyl (C=O) groups excluding carboxylic acids is 1. The van der Waals surface area contributed by atoms with Crippen LogP contribution in [0.4, 0.5) is 5.69 Å². The zero-order valence-electron chi connectivity index (χ0n) is 19.1. The number of nitrogens with zero attached hydrogens (tertiary/aromatic N) is 1. The first kappa shape index (κ1) is 22.7. The van der Waals surface area contributed by atoms with Crippen molar-refractivity contribution in [3.8, 4) is 28.7 Å². The Morgan fingerprint density at radius 2 is 1.94 bits per heavy atom. The fourth-order valence-corrected chi connectivity index (χ4v) is 3.97. The standard InChI is InChI=1S/C26H23N3O5S/c1-3-14(2)15-4-8-21-19(10-15)28-25(34-21)18-12-17(6-7-20(18)30)27-26(35)29-24(31)16-5-9-22-23(11-16)33-13-32-22/h4-12,14,30H,3,13H2,1-2H3,(H2,27,29,31,35)/t14-/m1/s1. The van der Waals surface area contributed by atoms with E-state index in [-0.39, 0.29) is 23.5 Å². The van der Waals surface area contributed by atoms with Crippen molar-refractivity contribution < 1.29 is 23.8 Å². The number of carbonyl (C=O) groups is 1. The minimum Gasteiger partial charge on any atom is -0.507 e. The second kappa shape index (κ2) is 9.27. The van der Waals surface area contributed by atoms with E-state index in [1.165, 1.54) is 11.6 Å². The number of amides is 1. The highest BCUT2D eigenvalue weighted by Gasteiger charge is 2.18. The van der Waals surface area contributed by atoms with Gasteiger partial charge in [0, 0.05) is 11.3 Å². The number of aromatic nitrogens is 1. The van der Waals surface area contributed by atoms with Gasteiger partial charge in [-0.05, 0) is 78.7 Å². The number of hydrogen-bond donors (Lipinski definition) is 3. The number of ether oxygens (including phenoxy) is 2. The molecule has 1 aliphatic rings. The Morgan fingerprint density at radius 3 is 2.77 bits per heavy atom. The summed E-state index contributed by atoms with van der Waals surface area (Å²) in [6.07, 6.45) is 1.02. The molecular weight excluding hydrogens is 466 g/mol. The third kappa shape index (κ3) is 4.63. The van der Waals surface area contributed by atoms with Crippen LogP contribution < -0.4 is 20.1 Å². The van der Waals surface area contributed by atoms with Gasteiger partial charge in [-0.2, -0.15) is 0 Å². The Kier molecular flexibility index (Phi) is 6.00. The predicted molar refractivity (Wildman–Crippen MR) is 136 cm³/mol. The van der Waals surface area contributed by atoms with Crippen LogP contribution in [0.5, 0.6) is 17.2 Å².